The van der Waals surface area contributed by atoms with Crippen LogP contribution in [0.15, 0.2) is 22.8 Å². The lowest BCUT2D eigenvalue weighted by atomic mass is 9.71. The Morgan fingerprint density at radius 2 is 1.63 bits per heavy atom. The van der Waals surface area contributed by atoms with Gasteiger partial charge in [-0.25, -0.2) is 4.57 Å². The van der Waals surface area contributed by atoms with Crippen LogP contribution in [0.3, 0.4) is 0 Å². The fraction of sp³-hybridized carbons (Fsp3) is 0.429. The number of aliphatic hydroxyl groups excluding tert-OH is 5. The molecule has 1 saturated carbocycles. The molecule has 0 bridgehead atoms. The Balaban J connectivity index is 2.32. The number of H-pyrrole nitrogens is 1. The minimum atomic E-state index is -5.36. The fourth-order valence-corrected chi connectivity index (χ4v) is 4.59. The molecule has 0 amide bonds. The van der Waals surface area contributed by atoms with Crippen LogP contribution in [0, 0.1) is 0 Å². The van der Waals surface area contributed by atoms with E-state index < -0.39 is 43.9 Å². The zero-order valence-corrected chi connectivity index (χ0v) is 16.5. The second kappa shape index (κ2) is 7.05. The van der Waals surface area contributed by atoms with Crippen LogP contribution in [0.1, 0.15) is 5.56 Å². The Morgan fingerprint density at radius 3 is 2.15 bits per heavy atom. The minimum Gasteiger partial charge on any atom is -0.387 e. The van der Waals surface area contributed by atoms with E-state index in [0.717, 1.165) is 0 Å². The monoisotopic (exact) mass is 487 g/mol. The smallest absolute Gasteiger partial charge is 0.387 e. The summed E-state index contributed by atoms with van der Waals surface area (Å²) < 4.78 is 16.8. The highest BCUT2D eigenvalue weighted by Crippen LogP contribution is 2.53. The summed E-state index contributed by atoms with van der Waals surface area (Å²) in [5.41, 5.74) is -2.47. The number of fused-ring (bicyclic) bond motifs is 1. The summed E-state index contributed by atoms with van der Waals surface area (Å²) in [6.07, 6.45) is -9.34. The predicted molar refractivity (Wildman–Crippen MR) is 95.8 cm³/mol. The number of aromatic amines is 1. The van der Waals surface area contributed by atoms with Crippen molar-refractivity contribution in [2.24, 2.45) is 0 Å². The van der Waals surface area contributed by atoms with Gasteiger partial charge in [-0.15, -0.1) is 0 Å². The van der Waals surface area contributed by atoms with Gasteiger partial charge >= 0.3 is 7.82 Å². The minimum absolute atomic E-state index is 0.164. The van der Waals surface area contributed by atoms with Crippen LogP contribution in [-0.4, -0.2) is 70.8 Å². The summed E-state index contributed by atoms with van der Waals surface area (Å²) >= 11 is 9.21. The maximum absolute atomic E-state index is 11.6. The molecule has 0 saturated heterocycles. The average Bonchev–Trinajstić information content (AvgIpc) is 2.98. The lowest BCUT2D eigenvalue weighted by Crippen LogP contribution is -2.69. The lowest BCUT2D eigenvalue weighted by Gasteiger charge is -2.49. The molecule has 13 heteroatoms. The molecule has 2 aromatic rings. The number of hydrogen-bond acceptors (Lipinski definition) is 7. The van der Waals surface area contributed by atoms with E-state index in [1.165, 1.54) is 18.3 Å². The van der Waals surface area contributed by atoms with Crippen LogP contribution in [0.25, 0.3) is 10.9 Å². The zero-order chi connectivity index (χ0) is 20.3. The van der Waals surface area contributed by atoms with Gasteiger partial charge in [0.25, 0.3) is 0 Å². The molecule has 1 aliphatic carbocycles. The molecule has 1 aromatic carbocycles. The van der Waals surface area contributed by atoms with Crippen LogP contribution in [-0.2, 0) is 14.7 Å². The number of phosphoric ester groups is 1. The maximum Gasteiger partial charge on any atom is 0.470 e. The summed E-state index contributed by atoms with van der Waals surface area (Å²) in [6, 6.07) is 2.91. The largest absolute Gasteiger partial charge is 0.470 e. The van der Waals surface area contributed by atoms with E-state index in [9.17, 15) is 39.9 Å². The van der Waals surface area contributed by atoms with Gasteiger partial charge in [-0.2, -0.15) is 0 Å². The molecule has 3 rings (SSSR count). The van der Waals surface area contributed by atoms with Crippen LogP contribution < -0.4 is 0 Å². The van der Waals surface area contributed by atoms with E-state index in [-0.39, 0.29) is 10.9 Å². The van der Waals surface area contributed by atoms with Crippen molar-refractivity contribution in [2.45, 2.75) is 36.1 Å². The Kier molecular flexibility index (Phi) is 5.52. The molecule has 0 spiro atoms. The van der Waals surface area contributed by atoms with Crippen molar-refractivity contribution in [3.63, 3.8) is 0 Å². The third-order valence-electron chi connectivity index (χ3n) is 4.64. The number of aromatic nitrogens is 1. The van der Waals surface area contributed by atoms with E-state index in [2.05, 4.69) is 20.9 Å². The third-order valence-corrected chi connectivity index (χ3v) is 6.38. The van der Waals surface area contributed by atoms with Crippen molar-refractivity contribution in [3.05, 3.63) is 33.4 Å². The summed E-state index contributed by atoms with van der Waals surface area (Å²) in [7, 11) is -5.36. The molecule has 10 nitrogen and oxygen atoms in total. The number of hydrogen-bond donors (Lipinski definition) is 8. The SMILES string of the molecule is O=P(O)(O)OC1(c2c[nH]c3cc(Cl)c(Br)cc23)[C@@H](O)[C@H](O)C(O)[C@H](O)[C@@H]1O. The van der Waals surface area contributed by atoms with E-state index >= 15 is 0 Å². The van der Waals surface area contributed by atoms with E-state index in [4.69, 9.17) is 16.1 Å². The summed E-state index contributed by atoms with van der Waals surface area (Å²) in [5.74, 6) is 0. The summed E-state index contributed by atoms with van der Waals surface area (Å²) in [5, 5.41) is 51.7. The molecule has 8 N–H and O–H groups in total. The van der Waals surface area contributed by atoms with E-state index in [1.54, 1.807) is 0 Å². The standard InChI is InChI=1S/C14H16BrClNO9P/c15-6-1-4-5(3-17-8(4)2-7(6)16)14(26-27(23,24)25)12(21)10(19)9(18)11(20)13(14)22/h1-3,9-13,17-22H,(H2,23,24,25)/t9?,10-,11+,12-,13-,14?/m0/s1. The highest BCUT2D eigenvalue weighted by atomic mass is 79.9. The fourth-order valence-electron chi connectivity index (χ4n) is 3.37. The van der Waals surface area contributed by atoms with Gasteiger partial charge in [0.15, 0.2) is 5.60 Å². The van der Waals surface area contributed by atoms with Crippen molar-refractivity contribution in [1.82, 2.24) is 4.98 Å². The predicted octanol–water partition coefficient (Wildman–Crippen LogP) is -0.293. The number of phosphoric acid groups is 1. The van der Waals surface area contributed by atoms with Crippen molar-refractivity contribution in [1.29, 1.82) is 0 Å². The lowest BCUT2D eigenvalue weighted by molar-refractivity contribution is -0.266. The van der Waals surface area contributed by atoms with Crippen LogP contribution in [0.4, 0.5) is 0 Å². The Labute approximate surface area is 165 Å². The van der Waals surface area contributed by atoms with Gasteiger partial charge in [0.2, 0.25) is 0 Å². The van der Waals surface area contributed by atoms with Crippen molar-refractivity contribution >= 4 is 46.3 Å². The topological polar surface area (TPSA) is 184 Å². The molecule has 1 aliphatic rings. The number of halogens is 2. The highest BCUT2D eigenvalue weighted by Gasteiger charge is 2.63. The van der Waals surface area contributed by atoms with E-state index in [1.807, 2.05) is 0 Å². The second-order valence-electron chi connectivity index (χ2n) is 6.25. The first-order valence-corrected chi connectivity index (χ1v) is 10.2. The molecule has 1 heterocycles. The molecule has 27 heavy (non-hydrogen) atoms. The normalized spacial score (nSPS) is 34.9. The van der Waals surface area contributed by atoms with Gasteiger partial charge in [-0.05, 0) is 28.1 Å². The summed E-state index contributed by atoms with van der Waals surface area (Å²) in [6.45, 7) is 0. The second-order valence-corrected chi connectivity index (χ2v) is 8.68. The maximum atomic E-state index is 11.6. The molecule has 150 valence electrons. The first-order chi connectivity index (χ1) is 12.4. The molecule has 0 radical (unpaired) electrons. The number of nitrogens with one attached hydrogen (secondary N) is 1. The molecule has 2 unspecified atom stereocenters. The van der Waals surface area contributed by atoms with Gasteiger partial charge in [0.05, 0.1) is 5.02 Å². The first kappa shape index (κ1) is 21.2. The number of aliphatic hydroxyl groups is 5. The Morgan fingerprint density at radius 1 is 1.07 bits per heavy atom. The molecule has 0 aliphatic heterocycles. The van der Waals surface area contributed by atoms with Crippen LogP contribution in [0.2, 0.25) is 5.02 Å². The number of benzene rings is 1. The Bertz CT molecular complexity index is 901. The molecule has 6 atom stereocenters. The van der Waals surface area contributed by atoms with Gasteiger partial charge < -0.3 is 40.3 Å². The average molecular weight is 489 g/mol. The van der Waals surface area contributed by atoms with Crippen LogP contribution >= 0.6 is 35.4 Å². The zero-order valence-electron chi connectivity index (χ0n) is 13.3. The quantitative estimate of drug-likeness (QED) is 0.269. The van der Waals surface area contributed by atoms with Gasteiger partial charge in [0.1, 0.15) is 30.5 Å². The van der Waals surface area contributed by atoms with Crippen molar-refractivity contribution in [2.75, 3.05) is 0 Å². The Hall–Kier alpha value is -0.560. The molecule has 1 aromatic heterocycles. The van der Waals surface area contributed by atoms with Gasteiger partial charge in [-0.3, -0.25) is 4.52 Å². The third kappa shape index (κ3) is 3.37. The van der Waals surface area contributed by atoms with Crippen molar-refractivity contribution < 1.29 is 44.4 Å². The molecular weight excluding hydrogens is 472 g/mol. The first-order valence-electron chi connectivity index (χ1n) is 7.53. The van der Waals surface area contributed by atoms with E-state index in [0.29, 0.717) is 15.0 Å². The number of rotatable bonds is 3. The van der Waals surface area contributed by atoms with Gasteiger partial charge in [-0.1, -0.05) is 11.6 Å². The van der Waals surface area contributed by atoms with Crippen LogP contribution in [0.5, 0.6) is 0 Å². The molecular formula is C14H16BrClNO9P. The van der Waals surface area contributed by atoms with Gasteiger partial charge in [0, 0.05) is 27.1 Å². The summed E-state index contributed by atoms with van der Waals surface area (Å²) in [4.78, 5) is 21.5. The molecule has 1 fully saturated rings. The highest BCUT2D eigenvalue weighted by molar-refractivity contribution is 9.10. The van der Waals surface area contributed by atoms with Crippen molar-refractivity contribution in [3.8, 4) is 0 Å².